The standard InChI is InChI=1S/C22H26Cl2FN2O4P/c1-2-18(9-17(25)11-23)31-13-19(28)27-22-7-8-32(14-22,20(29)10-22)21(30)26-12-15-3-5-16(24)6-4-15/h2-6,9,11,20,29,32H,1,7-8,10,12-14H2,(H,26,30)(H,27,28)/b17-11-,18-9+. The molecule has 2 amide bonds. The molecule has 1 aromatic rings. The molecule has 2 bridgehead atoms. The number of carbonyl (C=O) groups excluding carboxylic acids is 2. The zero-order chi connectivity index (χ0) is 23.4. The average Bonchev–Trinajstić information content (AvgIpc) is 3.28. The number of benzene rings is 1. The van der Waals surface area contributed by atoms with Gasteiger partial charge in [-0.1, -0.05) is 0 Å². The molecule has 2 heterocycles. The van der Waals surface area contributed by atoms with Crippen molar-refractivity contribution >= 4 is 42.0 Å². The van der Waals surface area contributed by atoms with Crippen LogP contribution in [-0.2, 0) is 16.1 Å². The monoisotopic (exact) mass is 502 g/mol. The molecular weight excluding hydrogens is 477 g/mol. The third-order valence-corrected chi connectivity index (χ3v) is 11.6. The van der Waals surface area contributed by atoms with Crippen LogP contribution in [0.5, 0.6) is 0 Å². The first-order valence-corrected chi connectivity index (χ1v) is 13.5. The van der Waals surface area contributed by atoms with Crippen LogP contribution in [0.15, 0.2) is 60.1 Å². The molecule has 3 rings (SSSR count). The van der Waals surface area contributed by atoms with E-state index in [-0.39, 0.29) is 18.0 Å². The number of nitrogens with one attached hydrogen (secondary N) is 2. The van der Waals surface area contributed by atoms with Crippen LogP contribution in [0.4, 0.5) is 9.18 Å². The molecule has 0 aliphatic carbocycles. The predicted molar refractivity (Wildman–Crippen MR) is 127 cm³/mol. The van der Waals surface area contributed by atoms with Crippen LogP contribution in [0.1, 0.15) is 18.4 Å². The van der Waals surface area contributed by atoms with Crippen LogP contribution in [0.3, 0.4) is 0 Å². The maximum atomic E-state index is 13.2. The van der Waals surface area contributed by atoms with Crippen LogP contribution >= 0.6 is 30.5 Å². The molecule has 2 saturated heterocycles. The third kappa shape index (κ3) is 5.52. The van der Waals surface area contributed by atoms with E-state index >= 15 is 0 Å². The van der Waals surface area contributed by atoms with Crippen molar-refractivity contribution < 1.29 is 23.8 Å². The molecule has 0 aromatic heterocycles. The Balaban J connectivity index is 1.58. The summed E-state index contributed by atoms with van der Waals surface area (Å²) < 4.78 is 18.5. The molecule has 2 atom stereocenters. The van der Waals surface area contributed by atoms with E-state index in [0.717, 1.165) is 17.2 Å². The van der Waals surface area contributed by atoms with Crippen molar-refractivity contribution in [2.75, 3.05) is 18.9 Å². The van der Waals surface area contributed by atoms with E-state index in [1.165, 1.54) is 6.08 Å². The van der Waals surface area contributed by atoms with Crippen LogP contribution in [0.25, 0.3) is 0 Å². The van der Waals surface area contributed by atoms with E-state index < -0.39 is 30.4 Å². The van der Waals surface area contributed by atoms with E-state index in [0.29, 0.717) is 36.7 Å². The minimum absolute atomic E-state index is 0.0650. The average molecular weight is 503 g/mol. The number of hydrogen-bond acceptors (Lipinski definition) is 4. The molecule has 6 nitrogen and oxygen atoms in total. The number of aliphatic hydroxyl groups is 1. The van der Waals surface area contributed by atoms with E-state index in [4.69, 9.17) is 27.9 Å². The van der Waals surface area contributed by atoms with Crippen molar-refractivity contribution in [1.29, 1.82) is 0 Å². The summed E-state index contributed by atoms with van der Waals surface area (Å²) in [5.74, 6) is -1.80. The minimum atomic E-state index is -2.70. The molecule has 174 valence electrons. The molecule has 10 heteroatoms. The molecule has 2 unspecified atom stereocenters. The quantitative estimate of drug-likeness (QED) is 0.265. The number of amides is 2. The number of carbonyl (C=O) groups is 2. The fourth-order valence-corrected chi connectivity index (χ4v) is 9.93. The summed E-state index contributed by atoms with van der Waals surface area (Å²) in [5, 5.41) is 17.3. The Bertz CT molecular complexity index is 956. The second-order valence-electron chi connectivity index (χ2n) is 8.22. The van der Waals surface area contributed by atoms with E-state index in [2.05, 4.69) is 17.2 Å². The number of rotatable bonds is 9. The van der Waals surface area contributed by atoms with Gasteiger partial charge in [-0.25, -0.2) is 0 Å². The number of allylic oxidation sites excluding steroid dienone is 3. The summed E-state index contributed by atoms with van der Waals surface area (Å²) >= 11 is 11.2. The Morgan fingerprint density at radius 1 is 1.38 bits per heavy atom. The molecule has 0 saturated carbocycles. The van der Waals surface area contributed by atoms with Crippen molar-refractivity contribution in [2.24, 2.45) is 0 Å². The fourth-order valence-electron chi connectivity index (χ4n) is 4.54. The van der Waals surface area contributed by atoms with Gasteiger partial charge in [0.05, 0.1) is 0 Å². The van der Waals surface area contributed by atoms with Gasteiger partial charge in [-0.05, 0) is 0 Å². The summed E-state index contributed by atoms with van der Waals surface area (Å²) in [6, 6.07) is 7.20. The summed E-state index contributed by atoms with van der Waals surface area (Å²) in [7, 11) is -2.70. The molecule has 0 radical (unpaired) electrons. The summed E-state index contributed by atoms with van der Waals surface area (Å²) in [5.41, 5.74) is 0.946. The summed E-state index contributed by atoms with van der Waals surface area (Å²) in [4.78, 5) is 25.5. The molecule has 2 aliphatic heterocycles. The van der Waals surface area contributed by atoms with E-state index in [9.17, 15) is 19.1 Å². The number of fused-ring (bicyclic) bond motifs is 2. The zero-order valence-electron chi connectivity index (χ0n) is 17.4. The molecule has 3 N–H and O–H groups in total. The van der Waals surface area contributed by atoms with Crippen LogP contribution in [0, 0.1) is 0 Å². The van der Waals surface area contributed by atoms with Gasteiger partial charge in [-0.2, -0.15) is 0 Å². The maximum absolute atomic E-state index is 13.2. The molecule has 32 heavy (non-hydrogen) atoms. The second-order valence-corrected chi connectivity index (χ2v) is 13.2. The second kappa shape index (κ2) is 10.3. The van der Waals surface area contributed by atoms with Crippen LogP contribution in [0.2, 0.25) is 5.02 Å². The van der Waals surface area contributed by atoms with E-state index in [1.807, 2.05) is 12.1 Å². The number of ether oxygens (including phenoxy) is 1. The van der Waals surface area contributed by atoms with Crippen molar-refractivity contribution in [3.05, 3.63) is 70.7 Å². The van der Waals surface area contributed by atoms with Gasteiger partial charge in [0.15, 0.2) is 0 Å². The van der Waals surface area contributed by atoms with Gasteiger partial charge in [0.1, 0.15) is 0 Å². The molecular formula is C22H26Cl2FN2O4P. The van der Waals surface area contributed by atoms with Crippen LogP contribution < -0.4 is 10.6 Å². The van der Waals surface area contributed by atoms with Gasteiger partial charge >= 0.3 is 197 Å². The SMILES string of the molecule is C=C/C(=C\C(F)=C\Cl)OCC(=O)NC12CC[PH](C(=O)NCc3ccc(Cl)cc3)(C1)C(O)C2. The Kier molecular flexibility index (Phi) is 7.99. The third-order valence-electron chi connectivity index (χ3n) is 6.10. The number of hydrogen-bond donors (Lipinski definition) is 3. The first kappa shape index (κ1) is 24.7. The van der Waals surface area contributed by atoms with Crippen molar-refractivity contribution in [3.8, 4) is 0 Å². The van der Waals surface area contributed by atoms with Gasteiger partial charge < -0.3 is 0 Å². The normalized spacial score (nSPS) is 25.2. The summed E-state index contributed by atoms with van der Waals surface area (Å²) in [6.07, 6.45) is 4.34. The zero-order valence-corrected chi connectivity index (χ0v) is 19.9. The van der Waals surface area contributed by atoms with Gasteiger partial charge in [0.25, 0.3) is 0 Å². The Hall–Kier alpha value is -1.92. The van der Waals surface area contributed by atoms with Gasteiger partial charge in [0, 0.05) is 0 Å². The van der Waals surface area contributed by atoms with Gasteiger partial charge in [-0.15, -0.1) is 0 Å². The molecule has 2 fully saturated rings. The number of halogens is 3. The molecule has 0 spiro atoms. The first-order chi connectivity index (χ1) is 15.2. The van der Waals surface area contributed by atoms with Crippen molar-refractivity contribution in [3.63, 3.8) is 0 Å². The first-order valence-electron chi connectivity index (χ1n) is 10.2. The van der Waals surface area contributed by atoms with Crippen molar-refractivity contribution in [1.82, 2.24) is 10.6 Å². The molecule has 1 aromatic carbocycles. The molecule has 2 aliphatic rings. The Labute approximate surface area is 196 Å². The topological polar surface area (TPSA) is 87.7 Å². The predicted octanol–water partition coefficient (Wildman–Crippen LogP) is 4.42. The van der Waals surface area contributed by atoms with Gasteiger partial charge in [0.2, 0.25) is 0 Å². The number of aliphatic hydroxyl groups excluding tert-OH is 1. The van der Waals surface area contributed by atoms with Crippen molar-refractivity contribution in [2.45, 2.75) is 30.8 Å². The Morgan fingerprint density at radius 2 is 2.09 bits per heavy atom. The van der Waals surface area contributed by atoms with E-state index in [1.54, 1.807) is 12.1 Å². The van der Waals surface area contributed by atoms with Gasteiger partial charge in [-0.3, -0.25) is 0 Å². The fraction of sp³-hybridized carbons (Fsp3) is 0.364. The Morgan fingerprint density at radius 3 is 2.72 bits per heavy atom. The summed E-state index contributed by atoms with van der Waals surface area (Å²) in [6.45, 7) is 3.52. The van der Waals surface area contributed by atoms with Crippen LogP contribution in [-0.4, -0.2) is 47.0 Å².